The van der Waals surface area contributed by atoms with Gasteiger partial charge in [-0.05, 0) is 41.9 Å². The first kappa shape index (κ1) is 18.5. The molecule has 2 aliphatic carbocycles. The quantitative estimate of drug-likeness (QED) is 0.407. The van der Waals surface area contributed by atoms with E-state index in [1.807, 2.05) is 0 Å². The number of nitrogens with one attached hydrogen (secondary N) is 1. The molecule has 0 aliphatic heterocycles. The number of carbonyl (C=O) groups is 1. The fourth-order valence-corrected chi connectivity index (χ4v) is 4.23. The predicted molar refractivity (Wildman–Crippen MR) is 95.2 cm³/mol. The highest BCUT2D eigenvalue weighted by Crippen LogP contribution is 2.68. The second-order valence-corrected chi connectivity index (χ2v) is 7.80. The number of nitro groups is 1. The van der Waals surface area contributed by atoms with Gasteiger partial charge in [0.2, 0.25) is 0 Å². The molecule has 0 radical (unpaired) electrons. The van der Waals surface area contributed by atoms with Crippen LogP contribution in [-0.4, -0.2) is 33.6 Å². The third-order valence-electron chi connectivity index (χ3n) is 5.90. The maximum Gasteiger partial charge on any atom is 0.269 e. The minimum atomic E-state index is -1.06. The summed E-state index contributed by atoms with van der Waals surface area (Å²) in [6, 6.07) is 4.86. The normalized spacial score (nSPS) is 27.5. The van der Waals surface area contributed by atoms with Crippen LogP contribution in [-0.2, 0) is 4.79 Å². The van der Waals surface area contributed by atoms with Gasteiger partial charge in [-0.25, -0.2) is 0 Å². The second kappa shape index (κ2) is 6.48. The molecular weight excluding hydrogens is 336 g/mol. The number of hydrogen-bond donors (Lipinski definition) is 3. The van der Waals surface area contributed by atoms with Gasteiger partial charge in [-0.2, -0.15) is 0 Å². The van der Waals surface area contributed by atoms with E-state index in [4.69, 9.17) is 0 Å². The summed E-state index contributed by atoms with van der Waals surface area (Å²) >= 11 is 0. The Bertz CT molecular complexity index is 769. The van der Waals surface area contributed by atoms with E-state index in [0.717, 1.165) is 5.57 Å². The highest BCUT2D eigenvalue weighted by Gasteiger charge is 2.65. The van der Waals surface area contributed by atoms with Gasteiger partial charge in [0, 0.05) is 29.8 Å². The summed E-state index contributed by atoms with van der Waals surface area (Å²) in [7, 11) is 0. The third-order valence-corrected chi connectivity index (χ3v) is 5.90. The topological polar surface area (TPSA) is 113 Å². The number of benzene rings is 1. The van der Waals surface area contributed by atoms with Crippen LogP contribution in [0.5, 0.6) is 0 Å². The Hall–Kier alpha value is -2.25. The second-order valence-electron chi connectivity index (χ2n) is 7.80. The van der Waals surface area contributed by atoms with Gasteiger partial charge in [-0.1, -0.05) is 13.8 Å². The molecule has 7 nitrogen and oxygen atoms in total. The summed E-state index contributed by atoms with van der Waals surface area (Å²) in [5.41, 5.74) is 1.98. The Kier molecular flexibility index (Phi) is 4.62. The van der Waals surface area contributed by atoms with Crippen LogP contribution in [0.2, 0.25) is 0 Å². The van der Waals surface area contributed by atoms with Crippen LogP contribution in [0.4, 0.5) is 5.69 Å². The standard InChI is InChI=1S/C19H24N2O5/c1-10(16-15(23)8-13-17(16)19(13,2)3)20-14(9-22)18(24)11-4-6-12(7-5-11)21(25)26/h4-7,13-14,17-18,20,22,24H,8-9H2,1-3H3/b16-10+/t13-,14+,17-,18-/m1/s1. The highest BCUT2D eigenvalue weighted by atomic mass is 16.6. The van der Waals surface area contributed by atoms with Gasteiger partial charge in [0.15, 0.2) is 5.78 Å². The van der Waals surface area contributed by atoms with Crippen LogP contribution >= 0.6 is 0 Å². The van der Waals surface area contributed by atoms with E-state index in [0.29, 0.717) is 23.6 Å². The zero-order chi connectivity index (χ0) is 19.2. The number of aliphatic hydroxyl groups excluding tert-OH is 2. The van der Waals surface area contributed by atoms with E-state index in [1.165, 1.54) is 24.3 Å². The number of rotatable bonds is 6. The van der Waals surface area contributed by atoms with E-state index in [1.54, 1.807) is 6.92 Å². The summed E-state index contributed by atoms with van der Waals surface area (Å²) in [5, 5.41) is 34.1. The van der Waals surface area contributed by atoms with Crippen molar-refractivity contribution in [3.8, 4) is 0 Å². The molecule has 3 rings (SSSR count). The lowest BCUT2D eigenvalue weighted by molar-refractivity contribution is -0.384. The van der Waals surface area contributed by atoms with Crippen molar-refractivity contribution < 1.29 is 19.9 Å². The lowest BCUT2D eigenvalue weighted by Crippen LogP contribution is -2.38. The van der Waals surface area contributed by atoms with Crippen LogP contribution in [0.25, 0.3) is 0 Å². The van der Waals surface area contributed by atoms with E-state index in [-0.39, 0.29) is 29.4 Å². The molecule has 1 aromatic carbocycles. The Balaban J connectivity index is 1.77. The van der Waals surface area contributed by atoms with Crippen molar-refractivity contribution in [3.63, 3.8) is 0 Å². The molecular formula is C19H24N2O5. The molecule has 0 heterocycles. The highest BCUT2D eigenvalue weighted by molar-refractivity contribution is 6.01. The number of aliphatic hydroxyl groups is 2. The Morgan fingerprint density at radius 3 is 2.50 bits per heavy atom. The summed E-state index contributed by atoms with van der Waals surface area (Å²) in [5.74, 6) is 0.748. The van der Waals surface area contributed by atoms with Gasteiger partial charge in [0.05, 0.1) is 17.6 Å². The van der Waals surface area contributed by atoms with Crippen LogP contribution in [0.15, 0.2) is 35.5 Å². The molecule has 4 atom stereocenters. The number of nitrogens with zero attached hydrogens (tertiary/aromatic N) is 1. The number of nitro benzene ring substituents is 1. The van der Waals surface area contributed by atoms with E-state index < -0.39 is 17.1 Å². The minimum Gasteiger partial charge on any atom is -0.394 e. The molecule has 2 fully saturated rings. The lowest BCUT2D eigenvalue weighted by Gasteiger charge is -2.25. The first-order valence-electron chi connectivity index (χ1n) is 8.72. The van der Waals surface area contributed by atoms with Crippen molar-refractivity contribution in [3.05, 3.63) is 51.2 Å². The van der Waals surface area contributed by atoms with E-state index >= 15 is 0 Å². The number of hydrogen-bond acceptors (Lipinski definition) is 6. The maximum absolute atomic E-state index is 12.3. The lowest BCUT2D eigenvalue weighted by atomic mass is 9.94. The third kappa shape index (κ3) is 3.01. The van der Waals surface area contributed by atoms with Crippen molar-refractivity contribution in [1.82, 2.24) is 5.32 Å². The smallest absolute Gasteiger partial charge is 0.269 e. The summed E-state index contributed by atoms with van der Waals surface area (Å²) in [6.07, 6.45) is -0.503. The first-order chi connectivity index (χ1) is 12.2. The molecule has 0 aromatic heterocycles. The molecule has 26 heavy (non-hydrogen) atoms. The predicted octanol–water partition coefficient (Wildman–Crippen LogP) is 2.10. The SMILES string of the molecule is C/C(N[C@@H](CO)[C@H](O)c1ccc([N+](=O)[O-])cc1)=C1/C(=O)C[C@@H]2[C@H]1C2(C)C. The Morgan fingerprint density at radius 1 is 1.38 bits per heavy atom. The van der Waals surface area contributed by atoms with Crippen LogP contribution < -0.4 is 5.32 Å². The molecule has 2 saturated carbocycles. The van der Waals surface area contributed by atoms with Crippen molar-refractivity contribution >= 4 is 11.5 Å². The molecule has 0 unspecified atom stereocenters. The molecule has 2 aliphatic rings. The van der Waals surface area contributed by atoms with E-state index in [2.05, 4.69) is 19.2 Å². The van der Waals surface area contributed by atoms with Gasteiger partial charge in [0.25, 0.3) is 5.69 Å². The van der Waals surface area contributed by atoms with Gasteiger partial charge in [0.1, 0.15) is 6.10 Å². The zero-order valence-corrected chi connectivity index (χ0v) is 15.1. The van der Waals surface area contributed by atoms with E-state index in [9.17, 15) is 25.1 Å². The fraction of sp³-hybridized carbons (Fsp3) is 0.526. The van der Waals surface area contributed by atoms with Crippen molar-refractivity contribution in [2.45, 2.75) is 39.3 Å². The number of carbonyl (C=O) groups excluding carboxylic acids is 1. The van der Waals surface area contributed by atoms with Crippen molar-refractivity contribution in [1.29, 1.82) is 0 Å². The Morgan fingerprint density at radius 2 is 2.00 bits per heavy atom. The minimum absolute atomic E-state index is 0.0636. The first-order valence-corrected chi connectivity index (χ1v) is 8.72. The molecule has 3 N–H and O–H groups in total. The molecule has 140 valence electrons. The molecule has 0 bridgehead atoms. The average Bonchev–Trinajstić information content (AvgIpc) is 2.94. The fourth-order valence-electron chi connectivity index (χ4n) is 4.23. The molecule has 0 saturated heterocycles. The van der Waals surface area contributed by atoms with Gasteiger partial charge in [-0.15, -0.1) is 0 Å². The zero-order valence-electron chi connectivity index (χ0n) is 15.1. The largest absolute Gasteiger partial charge is 0.394 e. The molecule has 7 heteroatoms. The van der Waals surface area contributed by atoms with Crippen molar-refractivity contribution in [2.24, 2.45) is 17.3 Å². The summed E-state index contributed by atoms with van der Waals surface area (Å²) in [4.78, 5) is 22.5. The summed E-state index contributed by atoms with van der Waals surface area (Å²) in [6.45, 7) is 5.76. The van der Waals surface area contributed by atoms with Crippen LogP contribution in [0.3, 0.4) is 0 Å². The number of ketones is 1. The number of allylic oxidation sites excluding steroid dienone is 2. The molecule has 0 spiro atoms. The van der Waals surface area contributed by atoms with Gasteiger partial charge >= 0.3 is 0 Å². The van der Waals surface area contributed by atoms with Crippen molar-refractivity contribution in [2.75, 3.05) is 6.61 Å². The Labute approximate surface area is 151 Å². The average molecular weight is 360 g/mol. The van der Waals surface area contributed by atoms with Crippen LogP contribution in [0, 0.1) is 27.4 Å². The number of Topliss-reactive ketones (excluding diaryl/α,β-unsaturated/α-hetero) is 1. The van der Waals surface area contributed by atoms with Crippen LogP contribution in [0.1, 0.15) is 38.9 Å². The molecule has 0 amide bonds. The maximum atomic E-state index is 12.3. The monoisotopic (exact) mass is 360 g/mol. The number of non-ortho nitro benzene ring substituents is 1. The number of fused-ring (bicyclic) bond motifs is 1. The summed E-state index contributed by atoms with van der Waals surface area (Å²) < 4.78 is 0. The molecule has 1 aromatic rings. The van der Waals surface area contributed by atoms with Gasteiger partial charge < -0.3 is 15.5 Å². The van der Waals surface area contributed by atoms with Gasteiger partial charge in [-0.3, -0.25) is 14.9 Å².